The highest BCUT2D eigenvalue weighted by Gasteiger charge is 2.10. The Labute approximate surface area is 116 Å². The fourth-order valence-corrected chi connectivity index (χ4v) is 2.19. The van der Waals surface area contributed by atoms with Crippen LogP contribution in [0, 0.1) is 0 Å². The third-order valence-corrected chi connectivity index (χ3v) is 3.20. The number of aromatic nitrogens is 2. The van der Waals surface area contributed by atoms with E-state index in [9.17, 15) is 0 Å². The minimum absolute atomic E-state index is 0.240. The second kappa shape index (κ2) is 5.28. The van der Waals surface area contributed by atoms with Crippen LogP contribution in [-0.4, -0.2) is 16.5 Å². The minimum Gasteiger partial charge on any atom is -0.390 e. The molecule has 2 heterocycles. The van der Waals surface area contributed by atoms with Crippen LogP contribution >= 0.6 is 11.6 Å². The Balaban J connectivity index is 1.74. The van der Waals surface area contributed by atoms with Gasteiger partial charge in [-0.15, -0.1) is 0 Å². The Morgan fingerprint density at radius 1 is 1.21 bits per heavy atom. The maximum atomic E-state index is 5.75. The van der Waals surface area contributed by atoms with Crippen molar-refractivity contribution in [3.05, 3.63) is 59.7 Å². The highest BCUT2D eigenvalue weighted by atomic mass is 35.5. The summed E-state index contributed by atoms with van der Waals surface area (Å²) >= 11 is 5.75. The lowest BCUT2D eigenvalue weighted by Crippen LogP contribution is -2.07. The van der Waals surface area contributed by atoms with E-state index >= 15 is 0 Å². The summed E-state index contributed by atoms with van der Waals surface area (Å²) in [5.74, 6) is 1.15. The SMILES string of the molecule is Clc1nccc(Nc2ccc(C3C=CNC3)cc2)n1. The summed E-state index contributed by atoms with van der Waals surface area (Å²) in [5, 5.41) is 6.64. The molecule has 19 heavy (non-hydrogen) atoms. The summed E-state index contributed by atoms with van der Waals surface area (Å²) in [4.78, 5) is 7.94. The number of rotatable bonds is 3. The van der Waals surface area contributed by atoms with E-state index in [1.807, 2.05) is 18.3 Å². The first-order chi connectivity index (χ1) is 9.31. The Morgan fingerprint density at radius 2 is 2.05 bits per heavy atom. The maximum Gasteiger partial charge on any atom is 0.224 e. The Kier molecular flexibility index (Phi) is 3.33. The molecule has 1 atom stereocenters. The molecule has 4 nitrogen and oxygen atoms in total. The predicted octanol–water partition coefficient (Wildman–Crippen LogP) is 3.07. The number of nitrogens with zero attached hydrogens (tertiary/aromatic N) is 2. The number of anilines is 2. The van der Waals surface area contributed by atoms with E-state index in [0.29, 0.717) is 11.7 Å². The van der Waals surface area contributed by atoms with E-state index in [0.717, 1.165) is 12.2 Å². The van der Waals surface area contributed by atoms with Gasteiger partial charge in [0.15, 0.2) is 0 Å². The molecule has 0 aliphatic carbocycles. The van der Waals surface area contributed by atoms with Gasteiger partial charge in [0.25, 0.3) is 0 Å². The van der Waals surface area contributed by atoms with Crippen molar-refractivity contribution < 1.29 is 0 Å². The van der Waals surface area contributed by atoms with Gasteiger partial charge in [-0.2, -0.15) is 0 Å². The fraction of sp³-hybridized carbons (Fsp3) is 0.143. The molecule has 0 saturated heterocycles. The molecule has 0 radical (unpaired) electrons. The van der Waals surface area contributed by atoms with Crippen LogP contribution in [0.5, 0.6) is 0 Å². The number of hydrogen-bond acceptors (Lipinski definition) is 4. The van der Waals surface area contributed by atoms with Gasteiger partial charge in [-0.1, -0.05) is 18.2 Å². The zero-order valence-corrected chi connectivity index (χ0v) is 10.9. The van der Waals surface area contributed by atoms with Crippen molar-refractivity contribution in [2.24, 2.45) is 0 Å². The average Bonchev–Trinajstić information content (AvgIpc) is 2.94. The molecule has 0 saturated carbocycles. The zero-order valence-electron chi connectivity index (χ0n) is 10.2. The van der Waals surface area contributed by atoms with Crippen molar-refractivity contribution in [3.8, 4) is 0 Å². The normalized spacial score (nSPS) is 17.2. The minimum atomic E-state index is 0.240. The molecule has 1 unspecified atom stereocenters. The van der Waals surface area contributed by atoms with Crippen LogP contribution in [0.4, 0.5) is 11.5 Å². The number of hydrogen-bond donors (Lipinski definition) is 2. The first kappa shape index (κ1) is 12.0. The first-order valence-electron chi connectivity index (χ1n) is 6.07. The lowest BCUT2D eigenvalue weighted by Gasteiger charge is -2.10. The van der Waals surface area contributed by atoms with E-state index < -0.39 is 0 Å². The number of halogens is 1. The molecule has 0 fully saturated rings. The highest BCUT2D eigenvalue weighted by molar-refractivity contribution is 6.28. The van der Waals surface area contributed by atoms with Crippen molar-refractivity contribution in [2.75, 3.05) is 11.9 Å². The second-order valence-corrected chi connectivity index (χ2v) is 4.67. The lowest BCUT2D eigenvalue weighted by atomic mass is 10.0. The van der Waals surface area contributed by atoms with Crippen molar-refractivity contribution >= 4 is 23.1 Å². The van der Waals surface area contributed by atoms with Gasteiger partial charge >= 0.3 is 0 Å². The van der Waals surface area contributed by atoms with Crippen molar-refractivity contribution in [2.45, 2.75) is 5.92 Å². The standard InChI is InChI=1S/C14H13ClN4/c15-14-17-8-6-13(19-14)18-12-3-1-10(2-4-12)11-5-7-16-9-11/h1-8,11,16H,9H2,(H,17,18,19). The third kappa shape index (κ3) is 2.85. The van der Waals surface area contributed by atoms with Crippen LogP contribution in [-0.2, 0) is 0 Å². The molecule has 2 aromatic rings. The molecule has 5 heteroatoms. The average molecular weight is 273 g/mol. The van der Waals surface area contributed by atoms with Crippen molar-refractivity contribution in [1.29, 1.82) is 0 Å². The smallest absolute Gasteiger partial charge is 0.224 e. The zero-order chi connectivity index (χ0) is 13.1. The van der Waals surface area contributed by atoms with Crippen molar-refractivity contribution in [3.63, 3.8) is 0 Å². The molecular weight excluding hydrogens is 260 g/mol. The topological polar surface area (TPSA) is 49.8 Å². The summed E-state index contributed by atoms with van der Waals surface area (Å²) in [7, 11) is 0. The molecule has 3 rings (SSSR count). The highest BCUT2D eigenvalue weighted by Crippen LogP contribution is 2.22. The molecule has 1 aliphatic heterocycles. The molecule has 1 aromatic heterocycles. The van der Waals surface area contributed by atoms with Crippen LogP contribution in [0.1, 0.15) is 11.5 Å². The largest absolute Gasteiger partial charge is 0.390 e. The first-order valence-corrected chi connectivity index (χ1v) is 6.45. The predicted molar refractivity (Wildman–Crippen MR) is 76.7 cm³/mol. The van der Waals surface area contributed by atoms with E-state index in [1.54, 1.807) is 12.3 Å². The van der Waals surface area contributed by atoms with Crippen LogP contribution in [0.15, 0.2) is 48.8 Å². The number of benzene rings is 1. The van der Waals surface area contributed by atoms with Gasteiger partial charge in [0.1, 0.15) is 5.82 Å². The Bertz CT molecular complexity index is 595. The summed E-state index contributed by atoms with van der Waals surface area (Å²) in [5.41, 5.74) is 2.28. The van der Waals surface area contributed by atoms with Gasteiger partial charge in [-0.3, -0.25) is 0 Å². The monoisotopic (exact) mass is 272 g/mol. The molecule has 96 valence electrons. The van der Waals surface area contributed by atoms with Gasteiger partial charge in [0.2, 0.25) is 5.28 Å². The molecule has 1 aliphatic rings. The van der Waals surface area contributed by atoms with Crippen molar-refractivity contribution in [1.82, 2.24) is 15.3 Å². The van der Waals surface area contributed by atoms with Gasteiger partial charge in [0, 0.05) is 24.3 Å². The summed E-state index contributed by atoms with van der Waals surface area (Å²) in [6.07, 6.45) is 5.80. The summed E-state index contributed by atoms with van der Waals surface area (Å²) in [6.45, 7) is 0.967. The maximum absolute atomic E-state index is 5.75. The summed E-state index contributed by atoms with van der Waals surface area (Å²) < 4.78 is 0. The van der Waals surface area contributed by atoms with E-state index in [-0.39, 0.29) is 5.28 Å². The van der Waals surface area contributed by atoms with Gasteiger partial charge in [-0.05, 0) is 41.6 Å². The second-order valence-electron chi connectivity index (χ2n) is 4.33. The van der Waals surface area contributed by atoms with Gasteiger partial charge < -0.3 is 10.6 Å². The Hall–Kier alpha value is -2.07. The fourth-order valence-electron chi connectivity index (χ4n) is 2.04. The number of nitrogens with one attached hydrogen (secondary N) is 2. The lowest BCUT2D eigenvalue weighted by molar-refractivity contribution is 0.814. The van der Waals surface area contributed by atoms with Crippen LogP contribution < -0.4 is 10.6 Å². The van der Waals surface area contributed by atoms with Crippen LogP contribution in [0.3, 0.4) is 0 Å². The van der Waals surface area contributed by atoms with E-state index in [4.69, 9.17) is 11.6 Å². The van der Waals surface area contributed by atoms with Gasteiger partial charge in [0.05, 0.1) is 0 Å². The summed E-state index contributed by atoms with van der Waals surface area (Å²) in [6, 6.07) is 10.1. The van der Waals surface area contributed by atoms with E-state index in [2.05, 4.69) is 38.8 Å². The Morgan fingerprint density at radius 3 is 2.74 bits per heavy atom. The third-order valence-electron chi connectivity index (χ3n) is 3.02. The van der Waals surface area contributed by atoms with E-state index in [1.165, 1.54) is 5.56 Å². The van der Waals surface area contributed by atoms with Crippen LogP contribution in [0.2, 0.25) is 5.28 Å². The molecule has 0 spiro atoms. The molecule has 2 N–H and O–H groups in total. The molecule has 1 aromatic carbocycles. The molecular formula is C14H13ClN4. The molecule has 0 amide bonds. The molecule has 0 bridgehead atoms. The quantitative estimate of drug-likeness (QED) is 0.843. The van der Waals surface area contributed by atoms with Gasteiger partial charge in [-0.25, -0.2) is 9.97 Å². The van der Waals surface area contributed by atoms with Crippen LogP contribution in [0.25, 0.3) is 0 Å².